The first-order valence-corrected chi connectivity index (χ1v) is 9.49. The lowest BCUT2D eigenvalue weighted by Crippen LogP contribution is -2.43. The van der Waals surface area contributed by atoms with Crippen molar-refractivity contribution in [2.45, 2.75) is 18.8 Å². The summed E-state index contributed by atoms with van der Waals surface area (Å²) in [6.45, 7) is 4.58. The van der Waals surface area contributed by atoms with E-state index in [1.807, 2.05) is 0 Å². The van der Waals surface area contributed by atoms with Crippen molar-refractivity contribution in [1.29, 1.82) is 0 Å². The van der Waals surface area contributed by atoms with Crippen molar-refractivity contribution in [3.8, 4) is 0 Å². The smallest absolute Gasteiger partial charge is 0.243 e. The highest BCUT2D eigenvalue weighted by Gasteiger charge is 2.27. The van der Waals surface area contributed by atoms with Crippen molar-refractivity contribution in [2.75, 3.05) is 53.5 Å². The van der Waals surface area contributed by atoms with Crippen molar-refractivity contribution in [1.82, 2.24) is 15.1 Å². The maximum atomic E-state index is 12.0. The second kappa shape index (κ2) is 10.8. The third-order valence-corrected chi connectivity index (χ3v) is 5.19. The normalized spacial score (nSPS) is 22.4. The number of nitrogens with zero attached hydrogens (tertiary/aromatic N) is 3. The number of rotatable bonds is 5. The molecular formula is C20H31IN4O2. The van der Waals surface area contributed by atoms with E-state index in [0.717, 1.165) is 51.6 Å². The summed E-state index contributed by atoms with van der Waals surface area (Å²) < 4.78 is 5.47. The number of halogens is 1. The van der Waals surface area contributed by atoms with Crippen molar-refractivity contribution in [3.05, 3.63) is 35.9 Å². The van der Waals surface area contributed by atoms with Crippen LogP contribution in [-0.4, -0.2) is 75.2 Å². The van der Waals surface area contributed by atoms with Crippen LogP contribution < -0.4 is 5.32 Å². The molecule has 0 spiro atoms. The molecule has 0 aliphatic carbocycles. The van der Waals surface area contributed by atoms with E-state index in [1.54, 1.807) is 19.0 Å². The molecule has 2 aliphatic heterocycles. The molecule has 1 aromatic carbocycles. The van der Waals surface area contributed by atoms with Crippen LogP contribution in [0.1, 0.15) is 24.3 Å². The van der Waals surface area contributed by atoms with Gasteiger partial charge in [-0.2, -0.15) is 0 Å². The lowest BCUT2D eigenvalue weighted by atomic mass is 9.99. The van der Waals surface area contributed by atoms with Crippen LogP contribution in [0.4, 0.5) is 0 Å². The molecule has 2 atom stereocenters. The Labute approximate surface area is 179 Å². The minimum atomic E-state index is 0. The maximum Gasteiger partial charge on any atom is 0.243 e. The van der Waals surface area contributed by atoms with Gasteiger partial charge in [0.1, 0.15) is 6.54 Å². The molecule has 150 valence electrons. The van der Waals surface area contributed by atoms with Crippen LogP contribution in [-0.2, 0) is 9.53 Å². The monoisotopic (exact) mass is 486 g/mol. The largest absolute Gasteiger partial charge is 0.381 e. The molecule has 1 amide bonds. The second-order valence-corrected chi connectivity index (χ2v) is 7.38. The zero-order valence-electron chi connectivity index (χ0n) is 16.3. The zero-order valence-corrected chi connectivity index (χ0v) is 18.6. The Morgan fingerprint density at radius 3 is 2.74 bits per heavy atom. The summed E-state index contributed by atoms with van der Waals surface area (Å²) in [6, 6.07) is 10.6. The first-order valence-electron chi connectivity index (χ1n) is 9.49. The molecule has 6 nitrogen and oxygen atoms in total. The lowest BCUT2D eigenvalue weighted by Gasteiger charge is -2.23. The fourth-order valence-electron chi connectivity index (χ4n) is 3.48. The zero-order chi connectivity index (χ0) is 18.4. The molecule has 1 aromatic rings. The Hall–Kier alpha value is -1.35. The van der Waals surface area contributed by atoms with Gasteiger partial charge in [0.05, 0.1) is 6.61 Å². The van der Waals surface area contributed by atoms with Crippen LogP contribution in [0.5, 0.6) is 0 Å². The average Bonchev–Trinajstić information content (AvgIpc) is 3.34. The van der Waals surface area contributed by atoms with Gasteiger partial charge in [0.15, 0.2) is 5.96 Å². The van der Waals surface area contributed by atoms with Crippen LogP contribution in [0.15, 0.2) is 35.3 Å². The summed E-state index contributed by atoms with van der Waals surface area (Å²) in [5.41, 5.74) is 1.38. The van der Waals surface area contributed by atoms with Gasteiger partial charge in [-0.05, 0) is 18.4 Å². The Kier molecular flexibility index (Phi) is 8.82. The van der Waals surface area contributed by atoms with Crippen LogP contribution in [0.3, 0.4) is 0 Å². The third-order valence-electron chi connectivity index (χ3n) is 5.19. The molecule has 0 saturated carbocycles. The SMILES string of the molecule is CN(C)C(=O)CN=C(NCC1CCOC1)N1CCC(c2ccccc2)C1.I. The van der Waals surface area contributed by atoms with Crippen LogP contribution in [0.25, 0.3) is 0 Å². The first-order chi connectivity index (χ1) is 12.6. The summed E-state index contributed by atoms with van der Waals surface area (Å²) in [5.74, 6) is 1.91. The van der Waals surface area contributed by atoms with Crippen molar-refractivity contribution in [3.63, 3.8) is 0 Å². The fourth-order valence-corrected chi connectivity index (χ4v) is 3.48. The minimum absolute atomic E-state index is 0. The average molecular weight is 486 g/mol. The van der Waals surface area contributed by atoms with Gasteiger partial charge in [-0.15, -0.1) is 24.0 Å². The Morgan fingerprint density at radius 2 is 2.07 bits per heavy atom. The number of hydrogen-bond donors (Lipinski definition) is 1. The summed E-state index contributed by atoms with van der Waals surface area (Å²) in [7, 11) is 3.53. The van der Waals surface area contributed by atoms with E-state index in [9.17, 15) is 4.79 Å². The number of benzene rings is 1. The lowest BCUT2D eigenvalue weighted by molar-refractivity contribution is -0.127. The highest BCUT2D eigenvalue weighted by molar-refractivity contribution is 14.0. The van der Waals surface area contributed by atoms with Gasteiger partial charge in [-0.25, -0.2) is 4.99 Å². The third kappa shape index (κ3) is 6.34. The van der Waals surface area contributed by atoms with E-state index >= 15 is 0 Å². The number of aliphatic imine (C=N–C) groups is 1. The first kappa shape index (κ1) is 21.9. The highest BCUT2D eigenvalue weighted by Crippen LogP contribution is 2.27. The van der Waals surface area contributed by atoms with Gasteiger partial charge in [-0.3, -0.25) is 4.79 Å². The molecule has 2 aliphatic rings. The van der Waals surface area contributed by atoms with E-state index in [0.29, 0.717) is 11.8 Å². The number of likely N-dealkylation sites (tertiary alicyclic amines) is 1. The number of guanidine groups is 1. The molecule has 2 saturated heterocycles. The Bertz CT molecular complexity index is 618. The topological polar surface area (TPSA) is 57.2 Å². The summed E-state index contributed by atoms with van der Waals surface area (Å²) in [6.07, 6.45) is 2.20. The van der Waals surface area contributed by atoms with E-state index in [-0.39, 0.29) is 36.4 Å². The molecule has 0 bridgehead atoms. The van der Waals surface area contributed by atoms with Crippen molar-refractivity contribution < 1.29 is 9.53 Å². The van der Waals surface area contributed by atoms with Gasteiger partial charge in [0, 0.05) is 52.2 Å². The number of carbonyl (C=O) groups excluding carboxylic acids is 1. The summed E-state index contributed by atoms with van der Waals surface area (Å²) in [4.78, 5) is 20.5. The summed E-state index contributed by atoms with van der Waals surface area (Å²) in [5, 5.41) is 3.50. The molecular weight excluding hydrogens is 455 g/mol. The molecule has 1 N–H and O–H groups in total. The van der Waals surface area contributed by atoms with Gasteiger partial charge in [0.25, 0.3) is 0 Å². The quantitative estimate of drug-likeness (QED) is 0.394. The van der Waals surface area contributed by atoms with Crippen LogP contribution >= 0.6 is 24.0 Å². The molecule has 0 radical (unpaired) electrons. The van der Waals surface area contributed by atoms with Gasteiger partial charge in [-0.1, -0.05) is 30.3 Å². The van der Waals surface area contributed by atoms with E-state index < -0.39 is 0 Å². The number of ether oxygens (including phenoxy) is 1. The summed E-state index contributed by atoms with van der Waals surface area (Å²) >= 11 is 0. The fraction of sp³-hybridized carbons (Fsp3) is 0.600. The second-order valence-electron chi connectivity index (χ2n) is 7.38. The highest BCUT2D eigenvalue weighted by atomic mass is 127. The van der Waals surface area contributed by atoms with Gasteiger partial charge >= 0.3 is 0 Å². The van der Waals surface area contributed by atoms with E-state index in [4.69, 9.17) is 4.74 Å². The molecule has 2 fully saturated rings. The molecule has 0 aromatic heterocycles. The number of likely N-dealkylation sites (N-methyl/N-ethyl adjacent to an activating group) is 1. The number of hydrogen-bond acceptors (Lipinski definition) is 3. The Morgan fingerprint density at radius 1 is 1.30 bits per heavy atom. The van der Waals surface area contributed by atoms with Crippen molar-refractivity contribution >= 4 is 35.8 Å². The van der Waals surface area contributed by atoms with Crippen LogP contribution in [0.2, 0.25) is 0 Å². The minimum Gasteiger partial charge on any atom is -0.381 e. The predicted octanol–water partition coefficient (Wildman–Crippen LogP) is 2.16. The maximum absolute atomic E-state index is 12.0. The van der Waals surface area contributed by atoms with Gasteiger partial charge < -0.3 is 19.9 Å². The molecule has 7 heteroatoms. The Balaban J connectivity index is 0.00000261. The van der Waals surface area contributed by atoms with E-state index in [1.165, 1.54) is 5.56 Å². The van der Waals surface area contributed by atoms with Crippen LogP contribution in [0, 0.1) is 5.92 Å². The molecule has 3 rings (SSSR count). The van der Waals surface area contributed by atoms with Crippen molar-refractivity contribution in [2.24, 2.45) is 10.9 Å². The standard InChI is InChI=1S/C20H30N4O2.HI/c1-23(2)19(25)13-22-20(21-12-16-9-11-26-15-16)24-10-8-18(14-24)17-6-4-3-5-7-17;/h3-7,16,18H,8-15H2,1-2H3,(H,21,22);1H. The number of carbonyl (C=O) groups is 1. The van der Waals surface area contributed by atoms with Gasteiger partial charge in [0.2, 0.25) is 5.91 Å². The molecule has 27 heavy (non-hydrogen) atoms. The molecule has 2 unspecified atom stereocenters. The number of nitrogens with one attached hydrogen (secondary N) is 1. The van der Waals surface area contributed by atoms with E-state index in [2.05, 4.69) is 45.5 Å². The predicted molar refractivity (Wildman–Crippen MR) is 119 cm³/mol. The number of amides is 1. The molecule has 2 heterocycles.